The monoisotopic (exact) mass is 269 g/mol. The molecule has 2 N–H and O–H groups in total. The third-order valence-corrected chi connectivity index (χ3v) is 4.52. The van der Waals surface area contributed by atoms with E-state index in [9.17, 15) is 4.79 Å². The summed E-state index contributed by atoms with van der Waals surface area (Å²) in [4.78, 5) is 14.6. The van der Waals surface area contributed by atoms with E-state index < -0.39 is 5.97 Å². The van der Waals surface area contributed by atoms with Gasteiger partial charge >= 0.3 is 5.97 Å². The summed E-state index contributed by atoms with van der Waals surface area (Å²) in [6.45, 7) is 1.59. The maximum Gasteiger partial charge on any atom is 0.345 e. The third-order valence-electron chi connectivity index (χ3n) is 3.46. The molecule has 1 fully saturated rings. The molecule has 0 aliphatic heterocycles. The zero-order valence-corrected chi connectivity index (χ0v) is 11.2. The van der Waals surface area contributed by atoms with Crippen LogP contribution in [0, 0.1) is 0 Å². The maximum atomic E-state index is 10.8. The van der Waals surface area contributed by atoms with Gasteiger partial charge in [-0.3, -0.25) is 4.90 Å². The summed E-state index contributed by atoms with van der Waals surface area (Å²) in [5, 5.41) is 18.0. The molecular weight excluding hydrogens is 250 g/mol. The lowest BCUT2D eigenvalue weighted by Gasteiger charge is -2.27. The maximum absolute atomic E-state index is 10.8. The standard InChI is InChI=1S/C13H19NO3S/c15-8-7-14(10-3-1-2-4-10)9-11-5-6-12(18-11)13(16)17/h5-6,10,15H,1-4,7-9H2,(H,16,17). The van der Waals surface area contributed by atoms with Crippen molar-refractivity contribution in [1.82, 2.24) is 4.90 Å². The molecular formula is C13H19NO3S. The number of hydrogen-bond acceptors (Lipinski definition) is 4. The lowest BCUT2D eigenvalue weighted by atomic mass is 10.2. The molecule has 1 aliphatic rings. The van der Waals surface area contributed by atoms with Gasteiger partial charge in [0, 0.05) is 24.0 Å². The van der Waals surface area contributed by atoms with Crippen LogP contribution in [-0.4, -0.2) is 40.3 Å². The molecule has 2 rings (SSSR count). The first-order chi connectivity index (χ1) is 8.70. The van der Waals surface area contributed by atoms with Crippen LogP contribution in [0.3, 0.4) is 0 Å². The van der Waals surface area contributed by atoms with Crippen LogP contribution >= 0.6 is 11.3 Å². The second-order valence-electron chi connectivity index (χ2n) is 4.70. The molecule has 0 aromatic carbocycles. The van der Waals surface area contributed by atoms with Gasteiger partial charge in [-0.1, -0.05) is 12.8 Å². The van der Waals surface area contributed by atoms with Crippen LogP contribution in [0.5, 0.6) is 0 Å². The van der Waals surface area contributed by atoms with Crippen LogP contribution in [0.1, 0.15) is 40.2 Å². The topological polar surface area (TPSA) is 60.8 Å². The van der Waals surface area contributed by atoms with Crippen molar-refractivity contribution in [3.63, 3.8) is 0 Å². The Bertz CT molecular complexity index is 399. The Morgan fingerprint density at radius 1 is 1.39 bits per heavy atom. The van der Waals surface area contributed by atoms with Gasteiger partial charge in [0.2, 0.25) is 0 Å². The van der Waals surface area contributed by atoms with Crippen LogP contribution in [0.4, 0.5) is 0 Å². The van der Waals surface area contributed by atoms with Gasteiger partial charge in [-0.15, -0.1) is 11.3 Å². The van der Waals surface area contributed by atoms with Crippen molar-refractivity contribution in [3.8, 4) is 0 Å². The highest BCUT2D eigenvalue weighted by Crippen LogP contribution is 2.26. The molecule has 5 heteroatoms. The molecule has 0 unspecified atom stereocenters. The largest absolute Gasteiger partial charge is 0.477 e. The van der Waals surface area contributed by atoms with Crippen LogP contribution in [0.15, 0.2) is 12.1 Å². The second-order valence-corrected chi connectivity index (χ2v) is 5.87. The van der Waals surface area contributed by atoms with Gasteiger partial charge in [-0.2, -0.15) is 0 Å². The summed E-state index contributed by atoms with van der Waals surface area (Å²) in [6, 6.07) is 4.09. The molecule has 0 bridgehead atoms. The summed E-state index contributed by atoms with van der Waals surface area (Å²) < 4.78 is 0. The fourth-order valence-electron chi connectivity index (χ4n) is 2.57. The molecule has 0 atom stereocenters. The van der Waals surface area contributed by atoms with E-state index in [1.165, 1.54) is 37.0 Å². The second kappa shape index (κ2) is 6.31. The lowest BCUT2D eigenvalue weighted by Crippen LogP contribution is -2.34. The Hall–Kier alpha value is -0.910. The summed E-state index contributed by atoms with van der Waals surface area (Å²) in [7, 11) is 0. The first-order valence-electron chi connectivity index (χ1n) is 6.37. The van der Waals surface area contributed by atoms with Crippen molar-refractivity contribution in [2.45, 2.75) is 38.3 Å². The number of hydrogen-bond donors (Lipinski definition) is 2. The van der Waals surface area contributed by atoms with Gasteiger partial charge < -0.3 is 10.2 Å². The molecule has 0 amide bonds. The Balaban J connectivity index is 2.00. The van der Waals surface area contributed by atoms with E-state index in [0.717, 1.165) is 11.4 Å². The number of nitrogens with zero attached hydrogens (tertiary/aromatic N) is 1. The highest BCUT2D eigenvalue weighted by molar-refractivity contribution is 7.13. The smallest absolute Gasteiger partial charge is 0.345 e. The van der Waals surface area contributed by atoms with E-state index in [2.05, 4.69) is 4.90 Å². The zero-order chi connectivity index (χ0) is 13.0. The van der Waals surface area contributed by atoms with Gasteiger partial charge in [0.05, 0.1) is 6.61 Å². The normalized spacial score (nSPS) is 16.6. The number of carboxylic acid groups (broad SMARTS) is 1. The fourth-order valence-corrected chi connectivity index (χ4v) is 3.44. The van der Waals surface area contributed by atoms with Crippen LogP contribution < -0.4 is 0 Å². The molecule has 0 radical (unpaired) electrons. The highest BCUT2D eigenvalue weighted by Gasteiger charge is 2.22. The molecule has 1 heterocycles. The van der Waals surface area contributed by atoms with Gasteiger partial charge in [-0.05, 0) is 25.0 Å². The SMILES string of the molecule is O=C(O)c1ccc(CN(CCO)C2CCCC2)s1. The van der Waals surface area contributed by atoms with Crippen molar-refractivity contribution < 1.29 is 15.0 Å². The minimum Gasteiger partial charge on any atom is -0.477 e. The average molecular weight is 269 g/mol. The summed E-state index contributed by atoms with van der Waals surface area (Å²) >= 11 is 1.33. The Kier molecular flexibility index (Phi) is 4.74. The molecule has 1 aromatic heterocycles. The number of carbonyl (C=O) groups is 1. The van der Waals surface area contributed by atoms with E-state index >= 15 is 0 Å². The van der Waals surface area contributed by atoms with Crippen LogP contribution in [0.2, 0.25) is 0 Å². The molecule has 100 valence electrons. The predicted molar refractivity (Wildman–Crippen MR) is 71.0 cm³/mol. The lowest BCUT2D eigenvalue weighted by molar-refractivity contribution is 0.0702. The van der Waals surface area contributed by atoms with Gasteiger partial charge in [0.1, 0.15) is 4.88 Å². The number of carboxylic acids is 1. The quantitative estimate of drug-likeness (QED) is 0.831. The van der Waals surface area contributed by atoms with Crippen molar-refractivity contribution in [3.05, 3.63) is 21.9 Å². The van der Waals surface area contributed by atoms with Crippen LogP contribution in [-0.2, 0) is 6.54 Å². The number of thiophene rings is 1. The number of aliphatic hydroxyl groups excluding tert-OH is 1. The predicted octanol–water partition coefficient (Wildman–Crippen LogP) is 2.18. The summed E-state index contributed by atoms with van der Waals surface area (Å²) in [6.07, 6.45) is 4.91. The van der Waals surface area contributed by atoms with Gasteiger partial charge in [0.25, 0.3) is 0 Å². The van der Waals surface area contributed by atoms with Crippen LogP contribution in [0.25, 0.3) is 0 Å². The Morgan fingerprint density at radius 3 is 2.67 bits per heavy atom. The minimum atomic E-state index is -0.860. The highest BCUT2D eigenvalue weighted by atomic mass is 32.1. The number of aromatic carboxylic acids is 1. The van der Waals surface area contributed by atoms with E-state index in [1.807, 2.05) is 6.07 Å². The fraction of sp³-hybridized carbons (Fsp3) is 0.615. The summed E-state index contributed by atoms with van der Waals surface area (Å²) in [5.74, 6) is -0.860. The molecule has 1 saturated carbocycles. The third kappa shape index (κ3) is 3.31. The Labute approximate surface area is 111 Å². The molecule has 0 saturated heterocycles. The number of rotatable bonds is 6. The molecule has 18 heavy (non-hydrogen) atoms. The molecule has 0 spiro atoms. The van der Waals surface area contributed by atoms with E-state index in [0.29, 0.717) is 17.5 Å². The first-order valence-corrected chi connectivity index (χ1v) is 7.19. The van der Waals surface area contributed by atoms with Crippen molar-refractivity contribution in [1.29, 1.82) is 0 Å². The molecule has 1 aliphatic carbocycles. The van der Waals surface area contributed by atoms with Gasteiger partial charge in [0.15, 0.2) is 0 Å². The minimum absolute atomic E-state index is 0.160. The van der Waals surface area contributed by atoms with Gasteiger partial charge in [-0.25, -0.2) is 4.79 Å². The summed E-state index contributed by atoms with van der Waals surface area (Å²) in [5.41, 5.74) is 0. The van der Waals surface area contributed by atoms with Crippen molar-refractivity contribution in [2.24, 2.45) is 0 Å². The van der Waals surface area contributed by atoms with E-state index in [-0.39, 0.29) is 6.61 Å². The average Bonchev–Trinajstić information content (AvgIpc) is 2.99. The van der Waals surface area contributed by atoms with E-state index in [1.54, 1.807) is 6.07 Å². The first kappa shape index (κ1) is 13.5. The van der Waals surface area contributed by atoms with Crippen molar-refractivity contribution >= 4 is 17.3 Å². The molecule has 4 nitrogen and oxygen atoms in total. The number of aliphatic hydroxyl groups is 1. The van der Waals surface area contributed by atoms with E-state index in [4.69, 9.17) is 10.2 Å². The zero-order valence-electron chi connectivity index (χ0n) is 10.3. The Morgan fingerprint density at radius 2 is 2.11 bits per heavy atom. The van der Waals surface area contributed by atoms with Crippen molar-refractivity contribution in [2.75, 3.05) is 13.2 Å². The molecule has 1 aromatic rings.